The van der Waals surface area contributed by atoms with E-state index in [0.29, 0.717) is 21.5 Å². The minimum atomic E-state index is -1.28. The van der Waals surface area contributed by atoms with Crippen LogP contribution < -0.4 is 0 Å². The molecule has 0 aromatic carbocycles. The molecule has 0 saturated heterocycles. The Bertz CT molecular complexity index is 568. The van der Waals surface area contributed by atoms with E-state index in [4.69, 9.17) is 4.74 Å². The molecule has 2 heterocycles. The summed E-state index contributed by atoms with van der Waals surface area (Å²) in [4.78, 5) is 26.3. The van der Waals surface area contributed by atoms with Crippen molar-refractivity contribution in [3.63, 3.8) is 0 Å². The van der Waals surface area contributed by atoms with Crippen LogP contribution in [-0.2, 0) is 9.53 Å². The van der Waals surface area contributed by atoms with Crippen LogP contribution in [0.5, 0.6) is 0 Å². The maximum Gasteiger partial charge on any atom is 0.364 e. The smallest absolute Gasteiger partial charge is 0.364 e. The molecule has 1 aliphatic rings. The molecule has 0 N–H and O–H groups in total. The second kappa shape index (κ2) is 5.08. The van der Waals surface area contributed by atoms with Crippen molar-refractivity contribution in [1.82, 2.24) is 4.98 Å². The number of hydrogen-bond donors (Lipinski definition) is 0. The molecular weight excluding hydrogens is 316 g/mol. The highest BCUT2D eigenvalue weighted by Gasteiger charge is 2.46. The molecule has 0 amide bonds. The Hall–Kier alpha value is -1.76. The second-order valence-electron chi connectivity index (χ2n) is 4.21. The van der Waals surface area contributed by atoms with E-state index in [0.717, 1.165) is 0 Å². The summed E-state index contributed by atoms with van der Waals surface area (Å²) in [5, 5.41) is 11.1. The first-order valence-electron chi connectivity index (χ1n) is 5.55. The molecule has 19 heavy (non-hydrogen) atoms. The van der Waals surface area contributed by atoms with Crippen LogP contribution >= 0.6 is 15.9 Å². The summed E-state index contributed by atoms with van der Waals surface area (Å²) in [6.07, 6.45) is 0.234. The molecule has 100 valence electrons. The molecule has 1 aliphatic heterocycles. The van der Waals surface area contributed by atoms with Crippen molar-refractivity contribution in [2.75, 3.05) is 0 Å². The highest BCUT2D eigenvalue weighted by molar-refractivity contribution is 9.10. The highest BCUT2D eigenvalue weighted by atomic mass is 79.9. The lowest BCUT2D eigenvalue weighted by molar-refractivity contribution is -0.570. The molecule has 2 atom stereocenters. The van der Waals surface area contributed by atoms with Crippen LogP contribution in [0.25, 0.3) is 0 Å². The lowest BCUT2D eigenvalue weighted by Gasteiger charge is -2.14. The summed E-state index contributed by atoms with van der Waals surface area (Å²) >= 11 is 3.20. The van der Waals surface area contributed by atoms with Gasteiger partial charge in [0.2, 0.25) is 0 Å². The maximum absolute atomic E-state index is 11.7. The van der Waals surface area contributed by atoms with Crippen molar-refractivity contribution in [1.29, 1.82) is 0 Å². The van der Waals surface area contributed by atoms with Crippen molar-refractivity contribution in [3.8, 4) is 0 Å². The number of nitrogens with zero attached hydrogens (tertiary/aromatic N) is 2. The number of nitro groups is 1. The number of carbonyl (C=O) groups is 1. The Morgan fingerprint density at radius 2 is 2.21 bits per heavy atom. The predicted molar refractivity (Wildman–Crippen MR) is 69.9 cm³/mol. The minimum absolute atomic E-state index is 0.227. The van der Waals surface area contributed by atoms with Gasteiger partial charge >= 0.3 is 6.23 Å². The monoisotopic (exact) mass is 326 g/mol. The van der Waals surface area contributed by atoms with Crippen LogP contribution in [0.2, 0.25) is 0 Å². The topological polar surface area (TPSA) is 82.3 Å². The minimum Gasteiger partial charge on any atom is -0.434 e. The first kappa shape index (κ1) is 13.7. The quantitative estimate of drug-likeness (QED) is 0.484. The van der Waals surface area contributed by atoms with Crippen LogP contribution in [0.3, 0.4) is 0 Å². The Morgan fingerprint density at radius 1 is 1.53 bits per heavy atom. The van der Waals surface area contributed by atoms with E-state index in [1.165, 1.54) is 13.1 Å². The van der Waals surface area contributed by atoms with Gasteiger partial charge in [0, 0.05) is 6.20 Å². The van der Waals surface area contributed by atoms with Crippen molar-refractivity contribution in [3.05, 3.63) is 49.9 Å². The number of carbonyl (C=O) groups excluding carboxylic acids is 1. The van der Waals surface area contributed by atoms with Gasteiger partial charge in [-0.15, -0.1) is 0 Å². The number of aromatic nitrogens is 1. The molecule has 1 aromatic heterocycles. The summed E-state index contributed by atoms with van der Waals surface area (Å²) in [6, 6.07) is 3.38. The lowest BCUT2D eigenvalue weighted by Crippen LogP contribution is -2.27. The van der Waals surface area contributed by atoms with E-state index in [1.807, 2.05) is 0 Å². The van der Waals surface area contributed by atoms with Gasteiger partial charge in [0.05, 0.1) is 10.5 Å². The molecule has 1 aromatic rings. The zero-order valence-corrected chi connectivity index (χ0v) is 11.9. The molecule has 6 nitrogen and oxygen atoms in total. The molecule has 0 spiro atoms. The van der Waals surface area contributed by atoms with Crippen molar-refractivity contribution in [2.24, 2.45) is 0 Å². The van der Waals surface area contributed by atoms with Crippen LogP contribution in [-0.4, -0.2) is 21.9 Å². The lowest BCUT2D eigenvalue weighted by atomic mass is 9.89. The summed E-state index contributed by atoms with van der Waals surface area (Å²) in [6.45, 7) is 2.95. The molecule has 0 fully saturated rings. The summed E-state index contributed by atoms with van der Waals surface area (Å²) < 4.78 is 5.84. The first-order valence-corrected chi connectivity index (χ1v) is 6.34. The molecule has 2 rings (SSSR count). The van der Waals surface area contributed by atoms with Crippen molar-refractivity contribution < 1.29 is 14.5 Å². The number of ketones is 1. The Labute approximate surface area is 117 Å². The largest absolute Gasteiger partial charge is 0.434 e. The average Bonchev–Trinajstić information content (AvgIpc) is 2.68. The fraction of sp³-hybridized carbons (Fsp3) is 0.333. The van der Waals surface area contributed by atoms with E-state index in [1.54, 1.807) is 19.1 Å². The van der Waals surface area contributed by atoms with E-state index >= 15 is 0 Å². The van der Waals surface area contributed by atoms with Crippen molar-refractivity contribution >= 4 is 21.7 Å². The number of Topliss-reactive ketones (excluding diaryl/α,β-unsaturated/α-hetero) is 1. The summed E-state index contributed by atoms with van der Waals surface area (Å²) in [5.41, 5.74) is 0.928. The highest BCUT2D eigenvalue weighted by Crippen LogP contribution is 2.39. The standard InChI is InChI=1S/C12H11BrN2O4/c1-6(16)10-7(2)19-12(15(17)18)11(10)8-3-4-9(13)14-5-8/h3-5,11-12H,1-2H3. The zero-order chi connectivity index (χ0) is 14.2. The van der Waals surface area contributed by atoms with Gasteiger partial charge in [0.15, 0.2) is 5.78 Å². The fourth-order valence-electron chi connectivity index (χ4n) is 2.21. The Kier molecular flexibility index (Phi) is 3.66. The summed E-state index contributed by atoms with van der Waals surface area (Å²) in [5.74, 6) is -0.634. The van der Waals surface area contributed by atoms with Crippen LogP contribution in [0.1, 0.15) is 25.3 Å². The van der Waals surface area contributed by atoms with Gasteiger partial charge in [-0.25, -0.2) is 4.98 Å². The van der Waals surface area contributed by atoms with E-state index in [-0.39, 0.29) is 5.78 Å². The van der Waals surface area contributed by atoms with Crippen molar-refractivity contribution in [2.45, 2.75) is 26.0 Å². The first-order chi connectivity index (χ1) is 8.91. The molecule has 7 heteroatoms. The number of ether oxygens (including phenoxy) is 1. The normalized spacial score (nSPS) is 22.3. The Morgan fingerprint density at radius 3 is 2.68 bits per heavy atom. The molecule has 0 bridgehead atoms. The molecule has 0 saturated carbocycles. The van der Waals surface area contributed by atoms with Gasteiger partial charge in [-0.2, -0.15) is 0 Å². The van der Waals surface area contributed by atoms with Gasteiger partial charge in [0.1, 0.15) is 16.3 Å². The predicted octanol–water partition coefficient (Wildman–Crippen LogP) is 2.42. The van der Waals surface area contributed by atoms with Gasteiger partial charge in [-0.05, 0) is 41.4 Å². The number of hydrogen-bond acceptors (Lipinski definition) is 5. The van der Waals surface area contributed by atoms with Gasteiger partial charge < -0.3 is 4.74 Å². The number of rotatable bonds is 3. The number of halogens is 1. The molecule has 2 unspecified atom stereocenters. The van der Waals surface area contributed by atoms with Gasteiger partial charge in [-0.1, -0.05) is 6.07 Å². The SMILES string of the molecule is CC(=O)C1=C(C)OC([N+](=O)[O-])C1c1ccc(Br)nc1. The van der Waals surface area contributed by atoms with Crippen LogP contribution in [0.4, 0.5) is 0 Å². The Balaban J connectivity index is 2.50. The number of allylic oxidation sites excluding steroid dienone is 1. The third-order valence-corrected chi connectivity index (χ3v) is 3.44. The zero-order valence-electron chi connectivity index (χ0n) is 10.3. The second-order valence-corrected chi connectivity index (χ2v) is 5.02. The summed E-state index contributed by atoms with van der Waals surface area (Å²) in [7, 11) is 0. The van der Waals surface area contributed by atoms with Crippen LogP contribution in [0, 0.1) is 10.1 Å². The van der Waals surface area contributed by atoms with Gasteiger partial charge in [-0.3, -0.25) is 14.9 Å². The van der Waals surface area contributed by atoms with E-state index < -0.39 is 17.1 Å². The molecule has 0 aliphatic carbocycles. The van der Waals surface area contributed by atoms with Crippen LogP contribution in [0.15, 0.2) is 34.3 Å². The molecule has 0 radical (unpaired) electrons. The van der Waals surface area contributed by atoms with E-state index in [9.17, 15) is 14.9 Å². The van der Waals surface area contributed by atoms with E-state index in [2.05, 4.69) is 20.9 Å². The maximum atomic E-state index is 11.7. The third kappa shape index (κ3) is 2.51. The fourth-order valence-corrected chi connectivity index (χ4v) is 2.44. The van der Waals surface area contributed by atoms with Gasteiger partial charge in [0.25, 0.3) is 0 Å². The number of pyridine rings is 1. The third-order valence-electron chi connectivity index (χ3n) is 2.97. The average molecular weight is 327 g/mol. The molecular formula is C12H11BrN2O4.